The van der Waals surface area contributed by atoms with Crippen molar-refractivity contribution in [3.8, 4) is 0 Å². The minimum atomic E-state index is -3.75. The Balaban J connectivity index is 1.91. The summed E-state index contributed by atoms with van der Waals surface area (Å²) in [6.45, 7) is 7.86. The van der Waals surface area contributed by atoms with Crippen LogP contribution in [-0.2, 0) is 26.2 Å². The third-order valence-electron chi connectivity index (χ3n) is 7.30. The Morgan fingerprint density at radius 2 is 1.68 bits per heavy atom. The summed E-state index contributed by atoms with van der Waals surface area (Å²) < 4.78 is 26.8. The first-order valence-electron chi connectivity index (χ1n) is 13.7. The first-order valence-corrected chi connectivity index (χ1v) is 15.6. The monoisotopic (exact) mass is 541 g/mol. The van der Waals surface area contributed by atoms with Crippen LogP contribution < -0.4 is 9.62 Å². The number of hydrogen-bond acceptors (Lipinski definition) is 4. The van der Waals surface area contributed by atoms with Crippen LogP contribution in [0.4, 0.5) is 5.69 Å². The molecule has 1 aliphatic carbocycles. The fraction of sp³-hybridized carbons (Fsp3) is 0.533. The van der Waals surface area contributed by atoms with E-state index in [-0.39, 0.29) is 25.0 Å². The normalized spacial score (nSPS) is 15.2. The lowest BCUT2D eigenvalue weighted by molar-refractivity contribution is -0.140. The van der Waals surface area contributed by atoms with Crippen LogP contribution in [0.1, 0.15) is 81.9 Å². The van der Waals surface area contributed by atoms with Gasteiger partial charge in [0, 0.05) is 12.6 Å². The quantitative estimate of drug-likeness (QED) is 0.427. The lowest BCUT2D eigenvalue weighted by Gasteiger charge is -2.34. The Morgan fingerprint density at radius 3 is 2.24 bits per heavy atom. The van der Waals surface area contributed by atoms with Crippen molar-refractivity contribution in [2.24, 2.45) is 0 Å². The van der Waals surface area contributed by atoms with Crippen molar-refractivity contribution in [3.05, 3.63) is 65.2 Å². The van der Waals surface area contributed by atoms with E-state index in [0.29, 0.717) is 18.0 Å². The first-order chi connectivity index (χ1) is 18.0. The molecule has 0 saturated heterocycles. The van der Waals surface area contributed by atoms with Gasteiger partial charge in [-0.25, -0.2) is 8.42 Å². The maximum atomic E-state index is 13.9. The Labute approximate surface area is 228 Å². The Bertz CT molecular complexity index is 1190. The molecule has 1 atom stereocenters. The lowest BCUT2D eigenvalue weighted by Crippen LogP contribution is -2.53. The summed E-state index contributed by atoms with van der Waals surface area (Å²) in [5, 5.41) is 3.17. The molecule has 2 amide bonds. The molecular weight excluding hydrogens is 498 g/mol. The van der Waals surface area contributed by atoms with Gasteiger partial charge in [-0.1, -0.05) is 82.0 Å². The summed E-state index contributed by atoms with van der Waals surface area (Å²) in [6, 6.07) is 14.5. The Morgan fingerprint density at radius 1 is 1.03 bits per heavy atom. The number of carbonyl (C=O) groups excluding carboxylic acids is 2. The number of amides is 2. The number of sulfonamides is 1. The van der Waals surface area contributed by atoms with Gasteiger partial charge in [0.05, 0.1) is 11.9 Å². The van der Waals surface area contributed by atoms with Crippen LogP contribution in [0.25, 0.3) is 0 Å². The van der Waals surface area contributed by atoms with Crippen molar-refractivity contribution in [2.75, 3.05) is 17.1 Å². The van der Waals surface area contributed by atoms with Crippen molar-refractivity contribution >= 4 is 27.5 Å². The van der Waals surface area contributed by atoms with E-state index < -0.39 is 22.0 Å². The van der Waals surface area contributed by atoms with Gasteiger partial charge in [0.2, 0.25) is 21.8 Å². The number of aryl methyl sites for hydroxylation is 1. The molecule has 1 N–H and O–H groups in total. The highest BCUT2D eigenvalue weighted by Gasteiger charge is 2.32. The van der Waals surface area contributed by atoms with Gasteiger partial charge in [0.25, 0.3) is 0 Å². The Hall–Kier alpha value is -2.87. The molecule has 0 bridgehead atoms. The highest BCUT2D eigenvalue weighted by atomic mass is 32.2. The maximum Gasteiger partial charge on any atom is 0.244 e. The smallest absolute Gasteiger partial charge is 0.244 e. The third-order valence-corrected chi connectivity index (χ3v) is 8.44. The molecule has 0 heterocycles. The predicted octanol–water partition coefficient (Wildman–Crippen LogP) is 5.14. The van der Waals surface area contributed by atoms with Gasteiger partial charge in [-0.2, -0.15) is 0 Å². The summed E-state index contributed by atoms with van der Waals surface area (Å²) in [5.41, 5.74) is 3.47. The predicted molar refractivity (Wildman–Crippen MR) is 154 cm³/mol. The van der Waals surface area contributed by atoms with Crippen LogP contribution in [0.2, 0.25) is 0 Å². The van der Waals surface area contributed by atoms with Gasteiger partial charge in [0.1, 0.15) is 12.6 Å². The number of nitrogens with zero attached hydrogens (tertiary/aromatic N) is 2. The van der Waals surface area contributed by atoms with E-state index in [9.17, 15) is 18.0 Å². The van der Waals surface area contributed by atoms with E-state index in [0.717, 1.165) is 52.9 Å². The molecular formula is C30H43N3O4S. The molecule has 8 heteroatoms. The first kappa shape index (κ1) is 29.7. The van der Waals surface area contributed by atoms with Crippen molar-refractivity contribution in [2.45, 2.75) is 90.8 Å². The fourth-order valence-corrected chi connectivity index (χ4v) is 5.96. The second-order valence-corrected chi connectivity index (χ2v) is 12.7. The molecule has 208 valence electrons. The van der Waals surface area contributed by atoms with Crippen molar-refractivity contribution < 1.29 is 18.0 Å². The van der Waals surface area contributed by atoms with Crippen LogP contribution >= 0.6 is 0 Å². The minimum Gasteiger partial charge on any atom is -0.352 e. The van der Waals surface area contributed by atoms with Crippen molar-refractivity contribution in [3.63, 3.8) is 0 Å². The molecule has 3 rings (SSSR count). The van der Waals surface area contributed by atoms with Gasteiger partial charge < -0.3 is 10.2 Å². The molecule has 1 aliphatic rings. The molecule has 1 fully saturated rings. The highest BCUT2D eigenvalue weighted by molar-refractivity contribution is 7.92. The van der Waals surface area contributed by atoms with E-state index in [1.807, 2.05) is 50.2 Å². The van der Waals surface area contributed by atoms with E-state index in [4.69, 9.17) is 0 Å². The number of rotatable bonds is 11. The zero-order chi connectivity index (χ0) is 27.9. The molecule has 0 aromatic heterocycles. The third kappa shape index (κ3) is 8.06. The molecule has 38 heavy (non-hydrogen) atoms. The summed E-state index contributed by atoms with van der Waals surface area (Å²) >= 11 is 0. The number of hydrogen-bond donors (Lipinski definition) is 1. The van der Waals surface area contributed by atoms with Crippen LogP contribution in [0.5, 0.6) is 0 Å². The van der Waals surface area contributed by atoms with Gasteiger partial charge >= 0.3 is 0 Å². The second kappa shape index (κ2) is 13.3. The maximum absolute atomic E-state index is 13.9. The zero-order valence-electron chi connectivity index (χ0n) is 23.4. The van der Waals surface area contributed by atoms with Crippen LogP contribution in [0.3, 0.4) is 0 Å². The summed E-state index contributed by atoms with van der Waals surface area (Å²) in [5.74, 6) is -0.279. The SMILES string of the molecule is CC[C@H](C(=O)NC1CCCCC1)N(Cc1cccc(C)c1)C(=O)CN(c1ccc(C(C)C)cc1)S(C)(=O)=O. The number of carbonyl (C=O) groups is 2. The van der Waals surface area contributed by atoms with E-state index in [1.54, 1.807) is 17.0 Å². The molecule has 2 aromatic rings. The molecule has 1 saturated carbocycles. The average molecular weight is 542 g/mol. The van der Waals surface area contributed by atoms with E-state index in [1.165, 1.54) is 6.42 Å². The van der Waals surface area contributed by atoms with Crippen molar-refractivity contribution in [1.29, 1.82) is 0 Å². The number of nitrogens with one attached hydrogen (secondary N) is 1. The van der Waals surface area contributed by atoms with Crippen LogP contribution in [-0.4, -0.2) is 50.0 Å². The molecule has 7 nitrogen and oxygen atoms in total. The number of benzene rings is 2. The van der Waals surface area contributed by atoms with Crippen molar-refractivity contribution in [1.82, 2.24) is 10.2 Å². The van der Waals surface area contributed by atoms with Crippen LogP contribution in [0.15, 0.2) is 48.5 Å². The molecule has 0 radical (unpaired) electrons. The Kier molecular flexibility index (Phi) is 10.4. The fourth-order valence-electron chi connectivity index (χ4n) is 5.11. The molecule has 2 aromatic carbocycles. The van der Waals surface area contributed by atoms with Gasteiger partial charge in [0.15, 0.2) is 0 Å². The van der Waals surface area contributed by atoms with Crippen LogP contribution in [0, 0.1) is 6.92 Å². The van der Waals surface area contributed by atoms with Gasteiger partial charge in [-0.3, -0.25) is 13.9 Å². The summed E-state index contributed by atoms with van der Waals surface area (Å²) in [4.78, 5) is 28.9. The second-order valence-electron chi connectivity index (χ2n) is 10.8. The average Bonchev–Trinajstić information content (AvgIpc) is 2.87. The largest absolute Gasteiger partial charge is 0.352 e. The van der Waals surface area contributed by atoms with E-state index in [2.05, 4.69) is 19.2 Å². The highest BCUT2D eigenvalue weighted by Crippen LogP contribution is 2.24. The standard InChI is InChI=1S/C30H43N3O4S/c1-6-28(30(35)31-26-13-8-7-9-14-26)32(20-24-12-10-11-23(4)19-24)29(34)21-33(38(5,36)37)27-17-15-25(16-18-27)22(2)3/h10-12,15-19,22,26,28H,6-9,13-14,20-21H2,1-5H3,(H,31,35)/t28-/m1/s1. The number of anilines is 1. The molecule has 0 spiro atoms. The van der Waals surface area contributed by atoms with E-state index >= 15 is 0 Å². The zero-order valence-corrected chi connectivity index (χ0v) is 24.3. The van der Waals surface area contributed by atoms with Gasteiger partial charge in [-0.15, -0.1) is 0 Å². The summed E-state index contributed by atoms with van der Waals surface area (Å²) in [6.07, 6.45) is 6.79. The summed E-state index contributed by atoms with van der Waals surface area (Å²) in [7, 11) is -3.75. The lowest BCUT2D eigenvalue weighted by atomic mass is 9.95. The molecule has 0 unspecified atom stereocenters. The topological polar surface area (TPSA) is 86.8 Å². The molecule has 0 aliphatic heterocycles. The minimum absolute atomic E-state index is 0.119. The van der Waals surface area contributed by atoms with Gasteiger partial charge in [-0.05, 0) is 55.4 Å².